The molecule has 2 aromatic carbocycles. The largest absolute Gasteiger partial charge is 0.496 e. The van der Waals surface area contributed by atoms with E-state index in [9.17, 15) is 0 Å². The maximum Gasteiger partial charge on any atom is 0.122 e. The molecule has 0 aliphatic heterocycles. The minimum Gasteiger partial charge on any atom is -0.496 e. The molecule has 1 aromatic heterocycles. The molecule has 0 N–H and O–H groups in total. The van der Waals surface area contributed by atoms with Gasteiger partial charge in [-0.05, 0) is 64.6 Å². The van der Waals surface area contributed by atoms with Gasteiger partial charge in [0.2, 0.25) is 0 Å². The second-order valence-electron chi connectivity index (χ2n) is 7.08. The van der Waals surface area contributed by atoms with Gasteiger partial charge in [0.15, 0.2) is 0 Å². The number of methoxy groups -OCH3 is 1. The van der Waals surface area contributed by atoms with E-state index < -0.39 is 0 Å². The normalized spacial score (nSPS) is 12.8. The van der Waals surface area contributed by atoms with E-state index in [-0.39, 0.29) is 0 Å². The van der Waals surface area contributed by atoms with E-state index in [1.807, 2.05) is 0 Å². The molecule has 1 atom stereocenters. The first-order valence-electron chi connectivity index (χ1n) is 8.71. The smallest absolute Gasteiger partial charge is 0.122 e. The molecule has 24 heavy (non-hydrogen) atoms. The van der Waals surface area contributed by atoms with E-state index >= 15 is 0 Å². The van der Waals surface area contributed by atoms with Gasteiger partial charge in [0.05, 0.1) is 7.11 Å². The molecule has 0 saturated heterocycles. The summed E-state index contributed by atoms with van der Waals surface area (Å²) in [4.78, 5) is 0. The summed E-state index contributed by atoms with van der Waals surface area (Å²) in [6.45, 7) is 6.72. The lowest BCUT2D eigenvalue weighted by atomic mass is 9.91. The summed E-state index contributed by atoms with van der Waals surface area (Å²) < 4.78 is 7.81. The molecule has 0 spiro atoms. The van der Waals surface area contributed by atoms with Crippen LogP contribution in [0.3, 0.4) is 0 Å². The molecule has 0 aliphatic carbocycles. The maximum atomic E-state index is 5.64. The van der Waals surface area contributed by atoms with Gasteiger partial charge >= 0.3 is 0 Å². The van der Waals surface area contributed by atoms with Crippen LogP contribution in [0.5, 0.6) is 5.75 Å². The highest BCUT2D eigenvalue weighted by Crippen LogP contribution is 2.30. The summed E-state index contributed by atoms with van der Waals surface area (Å²) >= 11 is 0. The fraction of sp³-hybridized carbons (Fsp3) is 0.364. The van der Waals surface area contributed by atoms with Crippen LogP contribution in [-0.4, -0.2) is 11.7 Å². The van der Waals surface area contributed by atoms with E-state index in [1.54, 1.807) is 7.11 Å². The van der Waals surface area contributed by atoms with Crippen molar-refractivity contribution in [2.75, 3.05) is 7.11 Å². The predicted molar refractivity (Wildman–Crippen MR) is 102 cm³/mol. The van der Waals surface area contributed by atoms with Gasteiger partial charge in [-0.15, -0.1) is 0 Å². The van der Waals surface area contributed by atoms with Crippen LogP contribution in [-0.2, 0) is 13.5 Å². The van der Waals surface area contributed by atoms with Gasteiger partial charge in [-0.3, -0.25) is 0 Å². The zero-order valence-electron chi connectivity index (χ0n) is 15.3. The van der Waals surface area contributed by atoms with E-state index in [1.165, 1.54) is 27.6 Å². The summed E-state index contributed by atoms with van der Waals surface area (Å²) in [6, 6.07) is 15.6. The van der Waals surface area contributed by atoms with Crippen LogP contribution < -0.4 is 4.74 Å². The molecule has 0 bridgehead atoms. The third kappa shape index (κ3) is 3.19. The molecular weight excluding hydrogens is 294 g/mol. The summed E-state index contributed by atoms with van der Waals surface area (Å²) in [5, 5.41) is 1.31. The van der Waals surface area contributed by atoms with E-state index in [0.29, 0.717) is 11.8 Å². The maximum absolute atomic E-state index is 5.64. The number of aromatic nitrogens is 1. The van der Waals surface area contributed by atoms with Crippen molar-refractivity contribution in [1.29, 1.82) is 0 Å². The van der Waals surface area contributed by atoms with Crippen LogP contribution in [0.4, 0.5) is 0 Å². The number of aryl methyl sites for hydroxylation is 1. The highest BCUT2D eigenvalue weighted by atomic mass is 16.5. The molecule has 2 nitrogen and oxygen atoms in total. The number of hydrogen-bond donors (Lipinski definition) is 0. The molecule has 3 aromatic rings. The lowest BCUT2D eigenvalue weighted by Gasteiger charge is -2.17. The molecule has 0 saturated carbocycles. The molecule has 0 radical (unpaired) electrons. The van der Waals surface area contributed by atoms with Gasteiger partial charge in [0.25, 0.3) is 0 Å². The SMILES string of the molecule is COc1cc(C(C)C)ccc1CC(C)c1ccc2c(ccn2C)c1. The van der Waals surface area contributed by atoms with Crippen LogP contribution in [0, 0.1) is 0 Å². The van der Waals surface area contributed by atoms with Gasteiger partial charge in [0, 0.05) is 18.8 Å². The number of rotatable bonds is 5. The fourth-order valence-corrected chi connectivity index (χ4v) is 3.34. The minimum absolute atomic E-state index is 0.452. The molecule has 2 heteroatoms. The molecule has 0 fully saturated rings. The molecule has 0 amide bonds. The zero-order chi connectivity index (χ0) is 17.3. The summed E-state index contributed by atoms with van der Waals surface area (Å²) in [6.07, 6.45) is 3.10. The quantitative estimate of drug-likeness (QED) is 0.591. The Morgan fingerprint density at radius 3 is 2.42 bits per heavy atom. The Labute approximate surface area is 145 Å². The third-order valence-corrected chi connectivity index (χ3v) is 4.98. The monoisotopic (exact) mass is 321 g/mol. The van der Waals surface area contributed by atoms with Crippen molar-refractivity contribution in [2.24, 2.45) is 7.05 Å². The lowest BCUT2D eigenvalue weighted by Crippen LogP contribution is -2.02. The zero-order valence-corrected chi connectivity index (χ0v) is 15.3. The Morgan fingerprint density at radius 1 is 0.958 bits per heavy atom. The minimum atomic E-state index is 0.452. The summed E-state index contributed by atoms with van der Waals surface area (Å²) in [5.41, 5.74) is 5.27. The Morgan fingerprint density at radius 2 is 1.71 bits per heavy atom. The third-order valence-electron chi connectivity index (χ3n) is 4.98. The standard InChI is InChI=1S/C22H27NO/c1-15(2)17-6-7-20(22(14-17)24-5)12-16(3)18-8-9-21-19(13-18)10-11-23(21)4/h6-11,13-16H,12H2,1-5H3. The molecule has 1 unspecified atom stereocenters. The lowest BCUT2D eigenvalue weighted by molar-refractivity contribution is 0.407. The molecule has 3 rings (SSSR count). The molecule has 126 valence electrons. The summed E-state index contributed by atoms with van der Waals surface area (Å²) in [5.74, 6) is 1.98. The van der Waals surface area contributed by atoms with E-state index in [4.69, 9.17) is 4.74 Å². The van der Waals surface area contributed by atoms with Gasteiger partial charge < -0.3 is 9.30 Å². The summed E-state index contributed by atoms with van der Waals surface area (Å²) in [7, 11) is 3.86. The average Bonchev–Trinajstić information content (AvgIpc) is 2.95. The van der Waals surface area contributed by atoms with Crippen LogP contribution >= 0.6 is 0 Å². The van der Waals surface area contributed by atoms with Gasteiger partial charge in [-0.25, -0.2) is 0 Å². The van der Waals surface area contributed by atoms with Crippen molar-refractivity contribution in [3.63, 3.8) is 0 Å². The number of ether oxygens (including phenoxy) is 1. The van der Waals surface area contributed by atoms with Crippen molar-refractivity contribution in [2.45, 2.75) is 39.0 Å². The first kappa shape index (κ1) is 16.6. The van der Waals surface area contributed by atoms with Crippen molar-refractivity contribution >= 4 is 10.9 Å². The van der Waals surface area contributed by atoms with Crippen LogP contribution in [0.25, 0.3) is 10.9 Å². The van der Waals surface area contributed by atoms with E-state index in [2.05, 4.69) is 81.0 Å². The van der Waals surface area contributed by atoms with Crippen LogP contribution in [0.2, 0.25) is 0 Å². The number of benzene rings is 2. The van der Waals surface area contributed by atoms with Crippen molar-refractivity contribution in [1.82, 2.24) is 4.57 Å². The van der Waals surface area contributed by atoms with Gasteiger partial charge in [-0.2, -0.15) is 0 Å². The van der Waals surface area contributed by atoms with Crippen molar-refractivity contribution in [3.05, 3.63) is 65.4 Å². The van der Waals surface area contributed by atoms with Crippen molar-refractivity contribution < 1.29 is 4.74 Å². The Balaban J connectivity index is 1.86. The van der Waals surface area contributed by atoms with Crippen LogP contribution in [0.15, 0.2) is 48.7 Å². The molecular formula is C22H27NO. The van der Waals surface area contributed by atoms with Crippen LogP contribution in [0.1, 0.15) is 49.3 Å². The average molecular weight is 321 g/mol. The molecule has 1 heterocycles. The fourth-order valence-electron chi connectivity index (χ4n) is 3.34. The highest BCUT2D eigenvalue weighted by molar-refractivity contribution is 5.80. The number of hydrogen-bond acceptors (Lipinski definition) is 1. The predicted octanol–water partition coefficient (Wildman–Crippen LogP) is 5.66. The number of fused-ring (bicyclic) bond motifs is 1. The van der Waals surface area contributed by atoms with Gasteiger partial charge in [0.1, 0.15) is 5.75 Å². The number of nitrogens with zero attached hydrogens (tertiary/aromatic N) is 1. The van der Waals surface area contributed by atoms with Gasteiger partial charge in [-0.1, -0.05) is 39.0 Å². The first-order valence-corrected chi connectivity index (χ1v) is 8.71. The highest BCUT2D eigenvalue weighted by Gasteiger charge is 2.13. The second kappa shape index (κ2) is 6.72. The Bertz CT molecular complexity index is 844. The van der Waals surface area contributed by atoms with E-state index in [0.717, 1.165) is 12.2 Å². The van der Waals surface area contributed by atoms with Crippen molar-refractivity contribution in [3.8, 4) is 5.75 Å². The molecule has 0 aliphatic rings. The first-order chi connectivity index (χ1) is 11.5. The topological polar surface area (TPSA) is 14.2 Å². The second-order valence-corrected chi connectivity index (χ2v) is 7.08. The Hall–Kier alpha value is -2.22. The Kier molecular flexibility index (Phi) is 4.66.